The molecule has 1 amide bonds. The number of carbonyl (C=O) groups excluding carboxylic acids is 1. The van der Waals surface area contributed by atoms with E-state index in [1.807, 2.05) is 6.92 Å². The molecule has 0 saturated heterocycles. The zero-order valence-electron chi connectivity index (χ0n) is 10.6. The van der Waals surface area contributed by atoms with E-state index >= 15 is 0 Å². The van der Waals surface area contributed by atoms with E-state index in [2.05, 4.69) is 5.32 Å². The third kappa shape index (κ3) is 6.02. The van der Waals surface area contributed by atoms with Gasteiger partial charge in [0.05, 0.1) is 6.61 Å². The molecular formula is C13H18FNO2S. The molecule has 5 heteroatoms. The van der Waals surface area contributed by atoms with E-state index in [1.54, 1.807) is 19.2 Å². The summed E-state index contributed by atoms with van der Waals surface area (Å²) < 4.78 is 17.6. The SMILES string of the molecule is COC[C@H](C)NC(=O)CCSc1ccc(F)cc1. The Morgan fingerprint density at radius 1 is 1.44 bits per heavy atom. The van der Waals surface area contributed by atoms with E-state index in [4.69, 9.17) is 4.74 Å². The molecule has 1 rings (SSSR count). The van der Waals surface area contributed by atoms with E-state index in [-0.39, 0.29) is 17.8 Å². The number of hydrogen-bond acceptors (Lipinski definition) is 3. The molecule has 0 aromatic heterocycles. The second-order valence-electron chi connectivity index (χ2n) is 3.98. The van der Waals surface area contributed by atoms with Crippen molar-refractivity contribution >= 4 is 17.7 Å². The second-order valence-corrected chi connectivity index (χ2v) is 5.14. The Morgan fingerprint density at radius 2 is 2.11 bits per heavy atom. The topological polar surface area (TPSA) is 38.3 Å². The molecular weight excluding hydrogens is 253 g/mol. The highest BCUT2D eigenvalue weighted by atomic mass is 32.2. The molecule has 0 saturated carbocycles. The van der Waals surface area contributed by atoms with Gasteiger partial charge >= 0.3 is 0 Å². The summed E-state index contributed by atoms with van der Waals surface area (Å²) in [5.74, 6) is 0.441. The molecule has 0 bridgehead atoms. The summed E-state index contributed by atoms with van der Waals surface area (Å²) in [6, 6.07) is 6.29. The van der Waals surface area contributed by atoms with Crippen LogP contribution in [0.25, 0.3) is 0 Å². The summed E-state index contributed by atoms with van der Waals surface area (Å²) in [6.45, 7) is 2.41. The number of nitrogens with one attached hydrogen (secondary N) is 1. The van der Waals surface area contributed by atoms with Crippen LogP contribution in [0.3, 0.4) is 0 Å². The van der Waals surface area contributed by atoms with Crippen molar-refractivity contribution in [3.05, 3.63) is 30.1 Å². The summed E-state index contributed by atoms with van der Waals surface area (Å²) in [5.41, 5.74) is 0. The first-order valence-corrected chi connectivity index (χ1v) is 6.77. The molecule has 0 heterocycles. The first-order valence-electron chi connectivity index (χ1n) is 5.78. The number of amides is 1. The van der Waals surface area contributed by atoms with Crippen LogP contribution in [0.4, 0.5) is 4.39 Å². The summed E-state index contributed by atoms with van der Waals surface area (Å²) in [7, 11) is 1.60. The molecule has 0 fully saturated rings. The lowest BCUT2D eigenvalue weighted by atomic mass is 10.3. The van der Waals surface area contributed by atoms with Crippen molar-refractivity contribution in [3.63, 3.8) is 0 Å². The molecule has 0 aliphatic rings. The van der Waals surface area contributed by atoms with Gasteiger partial charge in [0.25, 0.3) is 0 Å². The fourth-order valence-corrected chi connectivity index (χ4v) is 2.28. The molecule has 1 atom stereocenters. The normalized spacial score (nSPS) is 12.2. The van der Waals surface area contributed by atoms with Crippen LogP contribution in [0.5, 0.6) is 0 Å². The number of halogens is 1. The molecule has 1 N–H and O–H groups in total. The average Bonchev–Trinajstić information content (AvgIpc) is 2.32. The molecule has 0 unspecified atom stereocenters. The zero-order chi connectivity index (χ0) is 13.4. The summed E-state index contributed by atoms with van der Waals surface area (Å²) in [6.07, 6.45) is 0.441. The van der Waals surface area contributed by atoms with Crippen molar-refractivity contribution < 1.29 is 13.9 Å². The lowest BCUT2D eigenvalue weighted by molar-refractivity contribution is -0.121. The fraction of sp³-hybridized carbons (Fsp3) is 0.462. The molecule has 18 heavy (non-hydrogen) atoms. The van der Waals surface area contributed by atoms with Crippen molar-refractivity contribution in [2.45, 2.75) is 24.3 Å². The summed E-state index contributed by atoms with van der Waals surface area (Å²) in [4.78, 5) is 12.5. The highest BCUT2D eigenvalue weighted by Gasteiger charge is 2.06. The highest BCUT2D eigenvalue weighted by molar-refractivity contribution is 7.99. The number of methoxy groups -OCH3 is 1. The van der Waals surface area contributed by atoms with Gasteiger partial charge < -0.3 is 10.1 Å². The Morgan fingerprint density at radius 3 is 2.72 bits per heavy atom. The first kappa shape index (κ1) is 15.0. The smallest absolute Gasteiger partial charge is 0.221 e. The van der Waals surface area contributed by atoms with Crippen molar-refractivity contribution in [1.29, 1.82) is 0 Å². The maximum absolute atomic E-state index is 12.7. The van der Waals surface area contributed by atoms with E-state index < -0.39 is 0 Å². The highest BCUT2D eigenvalue weighted by Crippen LogP contribution is 2.18. The Hall–Kier alpha value is -1.07. The van der Waals surface area contributed by atoms with Gasteiger partial charge in [-0.05, 0) is 31.2 Å². The third-order valence-corrected chi connectivity index (χ3v) is 3.25. The minimum atomic E-state index is -0.245. The van der Waals surface area contributed by atoms with Gasteiger partial charge in [-0.1, -0.05) is 0 Å². The molecule has 3 nitrogen and oxygen atoms in total. The van der Waals surface area contributed by atoms with Crippen LogP contribution in [-0.2, 0) is 9.53 Å². The molecule has 100 valence electrons. The van der Waals surface area contributed by atoms with Crippen LogP contribution in [0.1, 0.15) is 13.3 Å². The average molecular weight is 271 g/mol. The zero-order valence-corrected chi connectivity index (χ0v) is 11.4. The lowest BCUT2D eigenvalue weighted by Crippen LogP contribution is -2.35. The van der Waals surface area contributed by atoms with Crippen LogP contribution >= 0.6 is 11.8 Å². The Labute approximate surface area is 111 Å². The molecule has 1 aromatic carbocycles. The maximum Gasteiger partial charge on any atom is 0.221 e. The van der Waals surface area contributed by atoms with Crippen LogP contribution in [-0.4, -0.2) is 31.4 Å². The van der Waals surface area contributed by atoms with Crippen molar-refractivity contribution in [2.24, 2.45) is 0 Å². The molecule has 0 radical (unpaired) electrons. The summed E-state index contributed by atoms with van der Waals surface area (Å²) >= 11 is 1.54. The number of hydrogen-bond donors (Lipinski definition) is 1. The van der Waals surface area contributed by atoms with Crippen molar-refractivity contribution in [2.75, 3.05) is 19.5 Å². The van der Waals surface area contributed by atoms with E-state index in [1.165, 1.54) is 23.9 Å². The van der Waals surface area contributed by atoms with Crippen molar-refractivity contribution in [3.8, 4) is 0 Å². The lowest BCUT2D eigenvalue weighted by Gasteiger charge is -2.12. The van der Waals surface area contributed by atoms with Crippen molar-refractivity contribution in [1.82, 2.24) is 5.32 Å². The number of rotatable bonds is 7. The molecule has 1 aromatic rings. The number of benzene rings is 1. The standard InChI is InChI=1S/C13H18FNO2S/c1-10(9-17-2)15-13(16)7-8-18-12-5-3-11(14)4-6-12/h3-6,10H,7-9H2,1-2H3,(H,15,16)/t10-/m0/s1. The maximum atomic E-state index is 12.7. The summed E-state index contributed by atoms with van der Waals surface area (Å²) in [5, 5.41) is 2.84. The third-order valence-electron chi connectivity index (χ3n) is 2.24. The van der Waals surface area contributed by atoms with Gasteiger partial charge in [0, 0.05) is 30.2 Å². The van der Waals surface area contributed by atoms with E-state index in [0.717, 1.165) is 4.90 Å². The Bertz CT molecular complexity index is 370. The number of carbonyl (C=O) groups is 1. The monoisotopic (exact) mass is 271 g/mol. The fourth-order valence-electron chi connectivity index (χ4n) is 1.43. The van der Waals surface area contributed by atoms with E-state index in [0.29, 0.717) is 18.8 Å². The van der Waals surface area contributed by atoms with Gasteiger partial charge in [0.2, 0.25) is 5.91 Å². The van der Waals surface area contributed by atoms with Crippen LogP contribution < -0.4 is 5.32 Å². The second kappa shape index (κ2) is 8.11. The van der Waals surface area contributed by atoms with Crippen LogP contribution in [0.2, 0.25) is 0 Å². The van der Waals surface area contributed by atoms with Crippen LogP contribution in [0.15, 0.2) is 29.2 Å². The quantitative estimate of drug-likeness (QED) is 0.774. The number of ether oxygens (including phenoxy) is 1. The van der Waals surface area contributed by atoms with Gasteiger partial charge in [-0.25, -0.2) is 4.39 Å². The number of thioether (sulfide) groups is 1. The predicted octanol–water partition coefficient (Wildman–Crippen LogP) is 2.46. The van der Waals surface area contributed by atoms with Gasteiger partial charge in [-0.2, -0.15) is 0 Å². The molecule has 0 spiro atoms. The van der Waals surface area contributed by atoms with Gasteiger partial charge in [-0.3, -0.25) is 4.79 Å². The van der Waals surface area contributed by atoms with Gasteiger partial charge in [-0.15, -0.1) is 11.8 Å². The van der Waals surface area contributed by atoms with Gasteiger partial charge in [0.1, 0.15) is 5.82 Å². The van der Waals surface area contributed by atoms with Gasteiger partial charge in [0.15, 0.2) is 0 Å². The molecule has 0 aliphatic heterocycles. The molecule has 0 aliphatic carbocycles. The largest absolute Gasteiger partial charge is 0.383 e. The predicted molar refractivity (Wildman–Crippen MR) is 71.2 cm³/mol. The minimum Gasteiger partial charge on any atom is -0.383 e. The minimum absolute atomic E-state index is 0.00848. The van der Waals surface area contributed by atoms with Crippen LogP contribution in [0, 0.1) is 5.82 Å². The Kier molecular flexibility index (Phi) is 6.75. The Balaban J connectivity index is 2.21. The first-order chi connectivity index (χ1) is 8.61. The van der Waals surface area contributed by atoms with E-state index in [9.17, 15) is 9.18 Å².